The standard InChI is InChI=1S/C27H23BrN2O4/c1-2-3-14-32-23-7-5-4-6-21(23)27(31)33-19-12-13-20-24(15-19)34-26(30)22(16-29)25(20)17-8-10-18(28)11-9-17/h4-13,15,25H,2-3,14,30H2,1H3. The van der Waals surface area contributed by atoms with Gasteiger partial charge in [-0.25, -0.2) is 4.79 Å². The van der Waals surface area contributed by atoms with Crippen LogP contribution in [0.3, 0.4) is 0 Å². The maximum Gasteiger partial charge on any atom is 0.347 e. The molecule has 3 aromatic carbocycles. The Bertz CT molecular complexity index is 1280. The number of rotatable bonds is 7. The fourth-order valence-electron chi connectivity index (χ4n) is 3.75. The summed E-state index contributed by atoms with van der Waals surface area (Å²) in [6.07, 6.45) is 1.89. The Balaban J connectivity index is 1.62. The van der Waals surface area contributed by atoms with Gasteiger partial charge in [-0.05, 0) is 42.3 Å². The molecule has 0 amide bonds. The van der Waals surface area contributed by atoms with E-state index in [-0.39, 0.29) is 11.8 Å². The van der Waals surface area contributed by atoms with E-state index in [1.165, 1.54) is 0 Å². The van der Waals surface area contributed by atoms with E-state index in [0.29, 0.717) is 35.0 Å². The van der Waals surface area contributed by atoms with Crippen molar-refractivity contribution >= 4 is 21.9 Å². The average molecular weight is 519 g/mol. The van der Waals surface area contributed by atoms with Gasteiger partial charge in [0.1, 0.15) is 34.5 Å². The number of nitrogens with zero attached hydrogens (tertiary/aromatic N) is 1. The molecular formula is C27H23BrN2O4. The van der Waals surface area contributed by atoms with Gasteiger partial charge >= 0.3 is 5.97 Å². The third-order valence-electron chi connectivity index (χ3n) is 5.47. The van der Waals surface area contributed by atoms with Gasteiger partial charge in [-0.15, -0.1) is 0 Å². The molecule has 34 heavy (non-hydrogen) atoms. The summed E-state index contributed by atoms with van der Waals surface area (Å²) in [6, 6.07) is 21.9. The Labute approximate surface area is 206 Å². The molecule has 4 rings (SSSR count). The van der Waals surface area contributed by atoms with E-state index in [1.54, 1.807) is 36.4 Å². The van der Waals surface area contributed by atoms with Crippen LogP contribution < -0.4 is 19.9 Å². The van der Waals surface area contributed by atoms with Crippen LogP contribution in [0.2, 0.25) is 0 Å². The number of fused-ring (bicyclic) bond motifs is 1. The number of allylic oxidation sites excluding steroid dienone is 1. The van der Waals surface area contributed by atoms with Gasteiger partial charge in [-0.3, -0.25) is 0 Å². The van der Waals surface area contributed by atoms with Crippen LogP contribution in [0.5, 0.6) is 17.2 Å². The van der Waals surface area contributed by atoms with E-state index < -0.39 is 5.97 Å². The molecule has 0 aromatic heterocycles. The second-order valence-electron chi connectivity index (χ2n) is 7.76. The number of halogens is 1. The number of carbonyl (C=O) groups is 1. The molecule has 0 saturated carbocycles. The van der Waals surface area contributed by atoms with Crippen LogP contribution in [0.15, 0.2) is 82.7 Å². The van der Waals surface area contributed by atoms with Crippen LogP contribution >= 0.6 is 15.9 Å². The Morgan fingerprint density at radius 3 is 2.65 bits per heavy atom. The van der Waals surface area contributed by atoms with Gasteiger partial charge < -0.3 is 19.9 Å². The Hall–Kier alpha value is -3.76. The number of carbonyl (C=O) groups excluding carboxylic acids is 1. The zero-order valence-corrected chi connectivity index (χ0v) is 20.2. The van der Waals surface area contributed by atoms with Gasteiger partial charge in [-0.1, -0.05) is 59.6 Å². The monoisotopic (exact) mass is 518 g/mol. The zero-order chi connectivity index (χ0) is 24.1. The number of nitrogens with two attached hydrogens (primary N) is 1. The van der Waals surface area contributed by atoms with Crippen molar-refractivity contribution < 1.29 is 19.0 Å². The first-order valence-corrected chi connectivity index (χ1v) is 11.7. The number of esters is 1. The normalized spacial score (nSPS) is 14.6. The molecule has 1 atom stereocenters. The number of unbranched alkanes of at least 4 members (excludes halogenated alkanes) is 1. The molecule has 1 aliphatic heterocycles. The van der Waals surface area contributed by atoms with Crippen molar-refractivity contribution in [1.29, 1.82) is 5.26 Å². The Kier molecular flexibility index (Phi) is 7.19. The third kappa shape index (κ3) is 4.92. The highest BCUT2D eigenvalue weighted by Crippen LogP contribution is 2.43. The van der Waals surface area contributed by atoms with Gasteiger partial charge in [0.05, 0.1) is 12.5 Å². The van der Waals surface area contributed by atoms with E-state index >= 15 is 0 Å². The van der Waals surface area contributed by atoms with Crippen LogP contribution in [0.1, 0.15) is 47.2 Å². The Morgan fingerprint density at radius 2 is 1.91 bits per heavy atom. The van der Waals surface area contributed by atoms with Crippen molar-refractivity contribution in [2.75, 3.05) is 6.61 Å². The molecule has 1 heterocycles. The predicted octanol–water partition coefficient (Wildman–Crippen LogP) is 6.07. The van der Waals surface area contributed by atoms with E-state index in [9.17, 15) is 10.1 Å². The summed E-state index contributed by atoms with van der Waals surface area (Å²) >= 11 is 3.44. The molecule has 6 nitrogen and oxygen atoms in total. The summed E-state index contributed by atoms with van der Waals surface area (Å²) in [5.41, 5.74) is 8.42. The van der Waals surface area contributed by atoms with Crippen LogP contribution in [-0.2, 0) is 0 Å². The lowest BCUT2D eigenvalue weighted by atomic mass is 9.83. The minimum absolute atomic E-state index is 0.0288. The molecule has 0 saturated heterocycles. The highest BCUT2D eigenvalue weighted by molar-refractivity contribution is 9.10. The lowest BCUT2D eigenvalue weighted by Gasteiger charge is -2.26. The van der Waals surface area contributed by atoms with Crippen LogP contribution in [0, 0.1) is 11.3 Å². The first-order chi connectivity index (χ1) is 16.5. The lowest BCUT2D eigenvalue weighted by Crippen LogP contribution is -2.21. The van der Waals surface area contributed by atoms with Gasteiger partial charge in [0.2, 0.25) is 5.88 Å². The van der Waals surface area contributed by atoms with Crippen molar-refractivity contribution in [3.8, 4) is 23.3 Å². The quantitative estimate of drug-likeness (QED) is 0.232. The number of ether oxygens (including phenoxy) is 3. The molecule has 0 radical (unpaired) electrons. The molecule has 7 heteroatoms. The van der Waals surface area contributed by atoms with Crippen LogP contribution in [0.4, 0.5) is 0 Å². The van der Waals surface area contributed by atoms with Crippen molar-refractivity contribution in [1.82, 2.24) is 0 Å². The maximum absolute atomic E-state index is 12.9. The van der Waals surface area contributed by atoms with Crippen molar-refractivity contribution in [3.05, 3.63) is 99.3 Å². The SMILES string of the molecule is CCCCOc1ccccc1C(=O)Oc1ccc2c(c1)OC(N)=C(C#N)C2c1ccc(Br)cc1. The number of benzene rings is 3. The van der Waals surface area contributed by atoms with E-state index in [4.69, 9.17) is 19.9 Å². The van der Waals surface area contributed by atoms with Crippen molar-refractivity contribution in [3.63, 3.8) is 0 Å². The second kappa shape index (κ2) is 10.4. The van der Waals surface area contributed by atoms with Crippen molar-refractivity contribution in [2.24, 2.45) is 5.73 Å². The summed E-state index contributed by atoms with van der Waals surface area (Å²) in [5, 5.41) is 9.72. The molecular weight excluding hydrogens is 496 g/mol. The highest BCUT2D eigenvalue weighted by atomic mass is 79.9. The van der Waals surface area contributed by atoms with Gasteiger partial charge in [0.25, 0.3) is 0 Å². The van der Waals surface area contributed by atoms with E-state index in [1.807, 2.05) is 30.3 Å². The summed E-state index contributed by atoms with van der Waals surface area (Å²) in [5.74, 6) is 0.322. The summed E-state index contributed by atoms with van der Waals surface area (Å²) in [6.45, 7) is 2.60. The third-order valence-corrected chi connectivity index (χ3v) is 6.00. The molecule has 0 bridgehead atoms. The average Bonchev–Trinajstić information content (AvgIpc) is 2.84. The summed E-state index contributed by atoms with van der Waals surface area (Å²) < 4.78 is 18.1. The first kappa shape index (κ1) is 23.4. The van der Waals surface area contributed by atoms with Gasteiger partial charge in [-0.2, -0.15) is 5.26 Å². The molecule has 0 spiro atoms. The van der Waals surface area contributed by atoms with Crippen LogP contribution in [-0.4, -0.2) is 12.6 Å². The minimum atomic E-state index is -0.534. The largest absolute Gasteiger partial charge is 0.493 e. The molecule has 172 valence electrons. The number of hydrogen-bond donors (Lipinski definition) is 1. The number of para-hydroxylation sites is 1. The number of nitriles is 1. The van der Waals surface area contributed by atoms with Gasteiger partial charge in [0, 0.05) is 16.1 Å². The minimum Gasteiger partial charge on any atom is -0.493 e. The predicted molar refractivity (Wildman–Crippen MR) is 132 cm³/mol. The van der Waals surface area contributed by atoms with Crippen molar-refractivity contribution in [2.45, 2.75) is 25.7 Å². The lowest BCUT2D eigenvalue weighted by molar-refractivity contribution is 0.0730. The molecule has 2 N–H and O–H groups in total. The molecule has 0 fully saturated rings. The van der Waals surface area contributed by atoms with E-state index in [0.717, 1.165) is 28.4 Å². The number of hydrogen-bond acceptors (Lipinski definition) is 6. The molecule has 1 aliphatic rings. The molecule has 0 aliphatic carbocycles. The van der Waals surface area contributed by atoms with Crippen LogP contribution in [0.25, 0.3) is 0 Å². The van der Waals surface area contributed by atoms with Gasteiger partial charge in [0.15, 0.2) is 0 Å². The fourth-order valence-corrected chi connectivity index (χ4v) is 4.01. The molecule has 3 aromatic rings. The zero-order valence-electron chi connectivity index (χ0n) is 18.6. The van der Waals surface area contributed by atoms with E-state index in [2.05, 4.69) is 28.9 Å². The highest BCUT2D eigenvalue weighted by Gasteiger charge is 2.31. The topological polar surface area (TPSA) is 94.6 Å². The first-order valence-electron chi connectivity index (χ1n) is 10.9. The Morgan fingerprint density at radius 1 is 1.15 bits per heavy atom. The molecule has 1 unspecified atom stereocenters. The summed E-state index contributed by atoms with van der Waals surface area (Å²) in [7, 11) is 0. The smallest absolute Gasteiger partial charge is 0.347 e. The summed E-state index contributed by atoms with van der Waals surface area (Å²) in [4.78, 5) is 12.9. The fraction of sp³-hybridized carbons (Fsp3) is 0.185. The maximum atomic E-state index is 12.9. The second-order valence-corrected chi connectivity index (χ2v) is 8.68.